The molecule has 0 saturated heterocycles. The van der Waals surface area contributed by atoms with Crippen LogP contribution in [0.5, 0.6) is 0 Å². The lowest BCUT2D eigenvalue weighted by Gasteiger charge is -2.39. The van der Waals surface area contributed by atoms with E-state index in [4.69, 9.17) is 23.2 Å². The number of nitrogens with one attached hydrogen (secondary N) is 3. The van der Waals surface area contributed by atoms with Gasteiger partial charge in [-0.05, 0) is 76.0 Å². The van der Waals surface area contributed by atoms with E-state index >= 15 is 0 Å². The third-order valence-electron chi connectivity index (χ3n) is 5.97. The van der Waals surface area contributed by atoms with Gasteiger partial charge in [0.1, 0.15) is 0 Å². The van der Waals surface area contributed by atoms with Crippen LogP contribution in [0.1, 0.15) is 62.2 Å². The number of carbonyl (C=O) groups is 2. The molecule has 2 aliphatic carbocycles. The van der Waals surface area contributed by atoms with Gasteiger partial charge in [-0.25, -0.2) is 0 Å². The molecule has 7 heteroatoms. The number of halogens is 2. The van der Waals surface area contributed by atoms with Gasteiger partial charge in [0.15, 0.2) is 0 Å². The highest BCUT2D eigenvalue weighted by Gasteiger charge is 2.33. The highest BCUT2D eigenvalue weighted by Crippen LogP contribution is 2.30. The summed E-state index contributed by atoms with van der Waals surface area (Å²) in [4.78, 5) is 24.4. The van der Waals surface area contributed by atoms with E-state index in [1.807, 2.05) is 0 Å². The summed E-state index contributed by atoms with van der Waals surface area (Å²) in [6.45, 7) is 3.15. The van der Waals surface area contributed by atoms with Gasteiger partial charge in [-0.15, -0.1) is 0 Å². The third-order valence-corrected chi connectivity index (χ3v) is 6.41. The molecule has 5 nitrogen and oxygen atoms in total. The Hall–Kier alpha value is -1.30. The quantitative estimate of drug-likeness (QED) is 0.619. The summed E-state index contributed by atoms with van der Waals surface area (Å²) >= 11 is 11.9. The van der Waals surface area contributed by atoms with E-state index in [0.717, 1.165) is 38.5 Å². The molecule has 3 rings (SSSR count). The Labute approximate surface area is 176 Å². The van der Waals surface area contributed by atoms with Crippen LogP contribution in [0.2, 0.25) is 10.0 Å². The van der Waals surface area contributed by atoms with Gasteiger partial charge in [0.25, 0.3) is 5.91 Å². The highest BCUT2D eigenvalue weighted by molar-refractivity contribution is 6.35. The lowest BCUT2D eigenvalue weighted by molar-refractivity contribution is -0.123. The summed E-state index contributed by atoms with van der Waals surface area (Å²) in [5, 5.41) is 10.4. The maximum Gasteiger partial charge on any atom is 0.251 e. The van der Waals surface area contributed by atoms with E-state index in [9.17, 15) is 9.59 Å². The zero-order valence-electron chi connectivity index (χ0n) is 16.3. The van der Waals surface area contributed by atoms with Crippen LogP contribution >= 0.6 is 23.2 Å². The molecule has 28 heavy (non-hydrogen) atoms. The predicted octanol–water partition coefficient (Wildman–Crippen LogP) is 3.93. The van der Waals surface area contributed by atoms with E-state index in [0.29, 0.717) is 40.7 Å². The molecule has 1 aromatic carbocycles. The molecule has 2 fully saturated rings. The van der Waals surface area contributed by atoms with E-state index in [-0.39, 0.29) is 17.4 Å². The summed E-state index contributed by atoms with van der Waals surface area (Å²) in [7, 11) is 0. The first kappa shape index (κ1) is 21.4. The van der Waals surface area contributed by atoms with Gasteiger partial charge < -0.3 is 16.0 Å². The summed E-state index contributed by atoms with van der Waals surface area (Å²) < 4.78 is 0. The van der Waals surface area contributed by atoms with Crippen molar-refractivity contribution in [2.75, 3.05) is 13.1 Å². The Morgan fingerprint density at radius 2 is 1.71 bits per heavy atom. The zero-order valence-corrected chi connectivity index (χ0v) is 17.8. The topological polar surface area (TPSA) is 70.2 Å². The molecule has 154 valence electrons. The molecule has 2 aliphatic rings. The minimum absolute atomic E-state index is 0.0157. The van der Waals surface area contributed by atoms with Crippen molar-refractivity contribution in [1.29, 1.82) is 0 Å². The number of carbonyl (C=O) groups excluding carboxylic acids is 2. The van der Waals surface area contributed by atoms with E-state index < -0.39 is 0 Å². The molecule has 1 aromatic rings. The van der Waals surface area contributed by atoms with Gasteiger partial charge in [-0.1, -0.05) is 23.2 Å². The van der Waals surface area contributed by atoms with Gasteiger partial charge in [0, 0.05) is 33.7 Å². The molecule has 0 aliphatic heterocycles. The average Bonchev–Trinajstić information content (AvgIpc) is 2.63. The molecular weight excluding hydrogens is 397 g/mol. The van der Waals surface area contributed by atoms with Crippen LogP contribution in [0.25, 0.3) is 0 Å². The van der Waals surface area contributed by atoms with Crippen LogP contribution in [0.15, 0.2) is 18.2 Å². The first-order valence-electron chi connectivity index (χ1n) is 10.1. The number of benzene rings is 1. The lowest BCUT2D eigenvalue weighted by atomic mass is 9.78. The fourth-order valence-corrected chi connectivity index (χ4v) is 4.57. The number of rotatable bonds is 7. The van der Waals surface area contributed by atoms with Crippen molar-refractivity contribution < 1.29 is 9.59 Å². The highest BCUT2D eigenvalue weighted by atomic mass is 35.5. The smallest absolute Gasteiger partial charge is 0.251 e. The Bertz CT molecular complexity index is 693. The normalized spacial score (nSPS) is 23.5. The van der Waals surface area contributed by atoms with E-state index in [1.165, 1.54) is 6.42 Å². The van der Waals surface area contributed by atoms with Gasteiger partial charge in [-0.3, -0.25) is 9.59 Å². The Morgan fingerprint density at radius 1 is 1.07 bits per heavy atom. The second kappa shape index (κ2) is 9.47. The standard InChI is InChI=1S/C21H29Cl2N3O2/c1-21(7-2-8-21)26-19(27)13-24-18-5-3-14(4-6-18)12-25-20(28)15-9-16(22)11-17(23)10-15/h9-11,14,18,24H,2-8,12-13H2,1H3,(H,25,28)(H,26,27). The fourth-order valence-electron chi connectivity index (χ4n) is 4.04. The second-order valence-corrected chi connectivity index (χ2v) is 9.30. The third kappa shape index (κ3) is 6.10. The zero-order chi connectivity index (χ0) is 20.1. The number of amides is 2. The molecule has 0 atom stereocenters. The first-order valence-corrected chi connectivity index (χ1v) is 10.9. The molecular formula is C21H29Cl2N3O2. The van der Waals surface area contributed by atoms with Gasteiger partial charge in [0.2, 0.25) is 5.91 Å². The van der Waals surface area contributed by atoms with Crippen molar-refractivity contribution in [3.63, 3.8) is 0 Å². The molecule has 0 unspecified atom stereocenters. The van der Waals surface area contributed by atoms with Crippen molar-refractivity contribution in [2.24, 2.45) is 5.92 Å². The molecule has 0 spiro atoms. The van der Waals surface area contributed by atoms with Crippen LogP contribution in [0.4, 0.5) is 0 Å². The van der Waals surface area contributed by atoms with Gasteiger partial charge in [-0.2, -0.15) is 0 Å². The van der Waals surface area contributed by atoms with Crippen LogP contribution in [-0.2, 0) is 4.79 Å². The number of hydrogen-bond acceptors (Lipinski definition) is 3. The lowest BCUT2D eigenvalue weighted by Crippen LogP contribution is -2.53. The minimum Gasteiger partial charge on any atom is -0.352 e. The van der Waals surface area contributed by atoms with Gasteiger partial charge in [0.05, 0.1) is 6.54 Å². The maximum atomic E-state index is 12.3. The van der Waals surface area contributed by atoms with Crippen LogP contribution in [0, 0.1) is 5.92 Å². The first-order chi connectivity index (χ1) is 13.3. The van der Waals surface area contributed by atoms with Crippen LogP contribution in [0.3, 0.4) is 0 Å². The molecule has 0 aromatic heterocycles. The van der Waals surface area contributed by atoms with Crippen molar-refractivity contribution >= 4 is 35.0 Å². The second-order valence-electron chi connectivity index (χ2n) is 8.43. The molecule has 0 heterocycles. The minimum atomic E-state index is -0.147. The Kier molecular flexibility index (Phi) is 7.24. The van der Waals surface area contributed by atoms with Crippen molar-refractivity contribution in [1.82, 2.24) is 16.0 Å². The Morgan fingerprint density at radius 3 is 2.29 bits per heavy atom. The summed E-state index contributed by atoms with van der Waals surface area (Å²) in [6, 6.07) is 5.23. The average molecular weight is 426 g/mol. The van der Waals surface area contributed by atoms with Crippen molar-refractivity contribution in [3.05, 3.63) is 33.8 Å². The van der Waals surface area contributed by atoms with Gasteiger partial charge >= 0.3 is 0 Å². The summed E-state index contributed by atoms with van der Waals surface area (Å²) in [6.07, 6.45) is 7.48. The van der Waals surface area contributed by atoms with Crippen molar-refractivity contribution in [2.45, 2.75) is 63.5 Å². The summed E-state index contributed by atoms with van der Waals surface area (Å²) in [5.41, 5.74) is 0.501. The fraction of sp³-hybridized carbons (Fsp3) is 0.619. The molecule has 2 saturated carbocycles. The number of hydrogen-bond donors (Lipinski definition) is 3. The summed E-state index contributed by atoms with van der Waals surface area (Å²) in [5.74, 6) is 0.405. The molecule has 0 bridgehead atoms. The molecule has 0 radical (unpaired) electrons. The van der Waals surface area contributed by atoms with Crippen LogP contribution < -0.4 is 16.0 Å². The van der Waals surface area contributed by atoms with E-state index in [2.05, 4.69) is 22.9 Å². The molecule has 3 N–H and O–H groups in total. The van der Waals surface area contributed by atoms with Crippen LogP contribution in [-0.4, -0.2) is 36.5 Å². The van der Waals surface area contributed by atoms with Crippen molar-refractivity contribution in [3.8, 4) is 0 Å². The predicted molar refractivity (Wildman–Crippen MR) is 113 cm³/mol. The maximum absolute atomic E-state index is 12.3. The largest absolute Gasteiger partial charge is 0.352 e. The monoisotopic (exact) mass is 425 g/mol. The molecule has 2 amide bonds. The SMILES string of the molecule is CC1(NC(=O)CNC2CCC(CNC(=O)c3cc(Cl)cc(Cl)c3)CC2)CCC1. The Balaban J connectivity index is 1.33. The van der Waals surface area contributed by atoms with E-state index in [1.54, 1.807) is 18.2 Å².